The average molecular weight is 277 g/mol. The Hall–Kier alpha value is -1.63. The third-order valence-corrected chi connectivity index (χ3v) is 2.85. The molecule has 1 amide bonds. The number of alkyl halides is 3. The number of amides is 1. The van der Waals surface area contributed by atoms with Gasteiger partial charge in [0.05, 0.1) is 18.3 Å². The van der Waals surface area contributed by atoms with Gasteiger partial charge in [-0.1, -0.05) is 6.07 Å². The highest BCUT2D eigenvalue weighted by molar-refractivity contribution is 5.48. The second-order valence-corrected chi connectivity index (χ2v) is 4.30. The van der Waals surface area contributed by atoms with Crippen LogP contribution in [0.1, 0.15) is 11.1 Å². The number of likely N-dealkylation sites (tertiary alicyclic amines) is 1. The minimum Gasteiger partial charge on any atom is -0.370 e. The van der Waals surface area contributed by atoms with Gasteiger partial charge in [-0.05, 0) is 17.7 Å². The van der Waals surface area contributed by atoms with E-state index in [4.69, 9.17) is 4.74 Å². The van der Waals surface area contributed by atoms with Gasteiger partial charge in [0.1, 0.15) is 5.82 Å². The van der Waals surface area contributed by atoms with E-state index >= 15 is 0 Å². The quantitative estimate of drug-likeness (QED) is 0.623. The molecule has 1 aromatic rings. The molecule has 0 atom stereocenters. The van der Waals surface area contributed by atoms with E-state index in [9.17, 15) is 22.4 Å². The van der Waals surface area contributed by atoms with Gasteiger partial charge in [-0.3, -0.25) is 4.79 Å². The Morgan fingerprint density at radius 1 is 1.37 bits per heavy atom. The van der Waals surface area contributed by atoms with Crippen molar-refractivity contribution in [2.45, 2.75) is 18.9 Å². The lowest BCUT2D eigenvalue weighted by Gasteiger charge is -2.35. The Morgan fingerprint density at radius 3 is 2.58 bits per heavy atom. The molecule has 1 aliphatic heterocycles. The predicted molar refractivity (Wildman–Crippen MR) is 57.6 cm³/mol. The topological polar surface area (TPSA) is 29.5 Å². The zero-order valence-electron chi connectivity index (χ0n) is 9.78. The summed E-state index contributed by atoms with van der Waals surface area (Å²) in [6.07, 6.45) is -4.14. The lowest BCUT2D eigenvalue weighted by Crippen LogP contribution is -2.51. The van der Waals surface area contributed by atoms with E-state index < -0.39 is 17.6 Å². The maximum absolute atomic E-state index is 13.3. The van der Waals surface area contributed by atoms with Gasteiger partial charge in [0, 0.05) is 13.1 Å². The first-order valence-electron chi connectivity index (χ1n) is 5.56. The van der Waals surface area contributed by atoms with Gasteiger partial charge >= 0.3 is 6.18 Å². The van der Waals surface area contributed by atoms with Crippen LogP contribution in [-0.2, 0) is 22.3 Å². The third-order valence-electron chi connectivity index (χ3n) is 2.85. The molecule has 3 nitrogen and oxygen atoms in total. The summed E-state index contributed by atoms with van der Waals surface area (Å²) in [5.41, 5.74) is -0.956. The van der Waals surface area contributed by atoms with Gasteiger partial charge in [0.25, 0.3) is 0 Å². The van der Waals surface area contributed by atoms with E-state index in [-0.39, 0.29) is 12.7 Å². The van der Waals surface area contributed by atoms with Crippen LogP contribution in [0, 0.1) is 5.82 Å². The lowest BCUT2D eigenvalue weighted by atomic mass is 10.1. The van der Waals surface area contributed by atoms with Crippen molar-refractivity contribution >= 4 is 6.41 Å². The molecule has 1 aliphatic rings. The summed E-state index contributed by atoms with van der Waals surface area (Å²) in [6, 6.07) is 2.70. The largest absolute Gasteiger partial charge is 0.419 e. The monoisotopic (exact) mass is 277 g/mol. The number of halogens is 4. The average Bonchev–Trinajstić information content (AvgIpc) is 2.25. The minimum atomic E-state index is -4.69. The van der Waals surface area contributed by atoms with Gasteiger partial charge in [-0.25, -0.2) is 4.39 Å². The van der Waals surface area contributed by atoms with E-state index in [0.717, 1.165) is 6.07 Å². The molecule has 0 radical (unpaired) electrons. The lowest BCUT2D eigenvalue weighted by molar-refractivity contribution is -0.140. The normalized spacial score (nSPS) is 16.3. The summed E-state index contributed by atoms with van der Waals surface area (Å²) >= 11 is 0. The fraction of sp³-hybridized carbons (Fsp3) is 0.417. The Balaban J connectivity index is 1.92. The summed E-state index contributed by atoms with van der Waals surface area (Å²) in [5.74, 6) is -1.31. The van der Waals surface area contributed by atoms with E-state index in [1.807, 2.05) is 0 Å². The second kappa shape index (κ2) is 5.16. The van der Waals surface area contributed by atoms with Crippen LogP contribution in [0.25, 0.3) is 0 Å². The van der Waals surface area contributed by atoms with Crippen molar-refractivity contribution in [3.63, 3.8) is 0 Å². The van der Waals surface area contributed by atoms with Gasteiger partial charge < -0.3 is 9.64 Å². The number of carbonyl (C=O) groups excluding carboxylic acids is 1. The fourth-order valence-electron chi connectivity index (χ4n) is 1.75. The highest BCUT2D eigenvalue weighted by atomic mass is 19.4. The van der Waals surface area contributed by atoms with Crippen molar-refractivity contribution < 1.29 is 27.1 Å². The Morgan fingerprint density at radius 2 is 2.05 bits per heavy atom. The van der Waals surface area contributed by atoms with Crippen LogP contribution in [0.15, 0.2) is 18.2 Å². The number of benzene rings is 1. The highest BCUT2D eigenvalue weighted by Crippen LogP contribution is 2.31. The first-order chi connectivity index (χ1) is 8.90. The van der Waals surface area contributed by atoms with Crippen molar-refractivity contribution in [1.29, 1.82) is 0 Å². The number of rotatable bonds is 4. The maximum atomic E-state index is 13.3. The molecule has 0 saturated carbocycles. The van der Waals surface area contributed by atoms with Gasteiger partial charge in [0.15, 0.2) is 0 Å². The molecule has 1 saturated heterocycles. The van der Waals surface area contributed by atoms with E-state index in [1.165, 1.54) is 11.0 Å². The van der Waals surface area contributed by atoms with Crippen LogP contribution in [0.5, 0.6) is 0 Å². The summed E-state index contributed by atoms with van der Waals surface area (Å²) in [4.78, 5) is 11.8. The Labute approximate surface area is 106 Å². The molecule has 2 rings (SSSR count). The van der Waals surface area contributed by atoms with Crippen LogP contribution < -0.4 is 0 Å². The number of nitrogens with zero attached hydrogens (tertiary/aromatic N) is 1. The standard InChI is InChI=1S/C12H11F4NO2/c13-11-3-8(1-2-10(11)12(14,15)16)6-19-9-4-17(5-9)7-18/h1-3,7,9H,4-6H2. The van der Waals surface area contributed by atoms with Crippen LogP contribution in [0.2, 0.25) is 0 Å². The van der Waals surface area contributed by atoms with E-state index in [0.29, 0.717) is 31.1 Å². The van der Waals surface area contributed by atoms with Gasteiger partial charge in [0.2, 0.25) is 6.41 Å². The Bertz CT molecular complexity index is 469. The molecule has 104 valence electrons. The molecule has 1 aromatic carbocycles. The zero-order chi connectivity index (χ0) is 14.0. The molecule has 0 aromatic heterocycles. The molecule has 0 spiro atoms. The molecule has 0 N–H and O–H groups in total. The smallest absolute Gasteiger partial charge is 0.370 e. The summed E-state index contributed by atoms with van der Waals surface area (Å²) in [7, 11) is 0. The number of ether oxygens (including phenoxy) is 1. The van der Waals surface area contributed by atoms with Crippen molar-refractivity contribution in [3.05, 3.63) is 35.1 Å². The van der Waals surface area contributed by atoms with E-state index in [2.05, 4.69) is 0 Å². The van der Waals surface area contributed by atoms with Crippen LogP contribution in [0.3, 0.4) is 0 Å². The number of carbonyl (C=O) groups is 1. The van der Waals surface area contributed by atoms with Gasteiger partial charge in [-0.15, -0.1) is 0 Å². The fourth-order valence-corrected chi connectivity index (χ4v) is 1.75. The molecule has 0 unspecified atom stereocenters. The number of hydrogen-bond donors (Lipinski definition) is 0. The summed E-state index contributed by atoms with van der Waals surface area (Å²) < 4.78 is 55.6. The molecule has 1 heterocycles. The second-order valence-electron chi connectivity index (χ2n) is 4.30. The molecule has 0 aliphatic carbocycles. The molecule has 19 heavy (non-hydrogen) atoms. The summed E-state index contributed by atoms with van der Waals surface area (Å²) in [5, 5.41) is 0. The van der Waals surface area contributed by atoms with Crippen molar-refractivity contribution in [3.8, 4) is 0 Å². The molecule has 0 bridgehead atoms. The molecular formula is C12H11F4NO2. The van der Waals surface area contributed by atoms with Crippen molar-refractivity contribution in [2.75, 3.05) is 13.1 Å². The van der Waals surface area contributed by atoms with Crippen LogP contribution in [0.4, 0.5) is 17.6 Å². The molecule has 1 fully saturated rings. The summed E-state index contributed by atoms with van der Waals surface area (Å²) in [6.45, 7) is 0.922. The first-order valence-corrected chi connectivity index (χ1v) is 5.56. The highest BCUT2D eigenvalue weighted by Gasteiger charge is 2.34. The van der Waals surface area contributed by atoms with Crippen molar-refractivity contribution in [2.24, 2.45) is 0 Å². The first kappa shape index (κ1) is 13.8. The minimum absolute atomic E-state index is 0.0203. The van der Waals surface area contributed by atoms with Crippen LogP contribution in [-0.4, -0.2) is 30.5 Å². The molecular weight excluding hydrogens is 266 g/mol. The van der Waals surface area contributed by atoms with E-state index in [1.54, 1.807) is 0 Å². The Kier molecular flexibility index (Phi) is 3.75. The zero-order valence-corrected chi connectivity index (χ0v) is 9.78. The maximum Gasteiger partial charge on any atom is 0.419 e. The third kappa shape index (κ3) is 3.23. The number of hydrogen-bond acceptors (Lipinski definition) is 2. The SMILES string of the molecule is O=CN1CC(OCc2ccc(C(F)(F)F)c(F)c2)C1. The van der Waals surface area contributed by atoms with Crippen molar-refractivity contribution in [1.82, 2.24) is 4.90 Å². The molecule has 7 heteroatoms. The predicted octanol–water partition coefficient (Wildman–Crippen LogP) is 2.20. The van der Waals surface area contributed by atoms with Crippen LogP contribution >= 0.6 is 0 Å². The van der Waals surface area contributed by atoms with Gasteiger partial charge in [-0.2, -0.15) is 13.2 Å².